The summed E-state index contributed by atoms with van der Waals surface area (Å²) < 4.78 is 4.55. The van der Waals surface area contributed by atoms with Crippen molar-refractivity contribution in [1.29, 1.82) is 0 Å². The lowest BCUT2D eigenvalue weighted by atomic mass is 10.2. The Morgan fingerprint density at radius 1 is 1.39 bits per heavy atom. The van der Waals surface area contributed by atoms with E-state index in [0.29, 0.717) is 5.56 Å². The van der Waals surface area contributed by atoms with Crippen molar-refractivity contribution in [3.8, 4) is 0 Å². The standard InChI is InChI=1S/C9H8O2.C5H12S2/c1-2-11-9(10)8-6-4-3-5-7-8;1-5(2)4-7-6-3/h2-7H,1H2;5H,4H2,1-3H3. The van der Waals surface area contributed by atoms with Crippen molar-refractivity contribution in [3.63, 3.8) is 0 Å². The Kier molecular flexibility index (Phi) is 10.7. The van der Waals surface area contributed by atoms with Crippen LogP contribution < -0.4 is 0 Å². The zero-order chi connectivity index (χ0) is 13.8. The molecule has 0 unspecified atom stereocenters. The first kappa shape index (κ1) is 17.1. The third-order valence-electron chi connectivity index (χ3n) is 1.72. The summed E-state index contributed by atoms with van der Waals surface area (Å²) in [6.45, 7) is 7.76. The minimum Gasteiger partial charge on any atom is -0.432 e. The van der Waals surface area contributed by atoms with Crippen LogP contribution in [0.15, 0.2) is 43.2 Å². The Hall–Kier alpha value is -0.870. The van der Waals surface area contributed by atoms with E-state index in [1.165, 1.54) is 5.75 Å². The zero-order valence-electron chi connectivity index (χ0n) is 11.1. The van der Waals surface area contributed by atoms with E-state index in [0.717, 1.165) is 12.2 Å². The summed E-state index contributed by atoms with van der Waals surface area (Å²) in [4.78, 5) is 11.0. The van der Waals surface area contributed by atoms with Gasteiger partial charge in [0, 0.05) is 5.75 Å². The molecule has 1 aromatic rings. The second kappa shape index (κ2) is 11.2. The lowest BCUT2D eigenvalue weighted by molar-refractivity contribution is 0.0664. The van der Waals surface area contributed by atoms with E-state index in [1.54, 1.807) is 24.3 Å². The predicted octanol–water partition coefficient (Wildman–Crippen LogP) is 4.64. The van der Waals surface area contributed by atoms with E-state index < -0.39 is 0 Å². The molecule has 0 amide bonds. The molecular formula is C14H20O2S2. The quantitative estimate of drug-likeness (QED) is 0.447. The molecule has 0 radical (unpaired) electrons. The molecule has 0 bridgehead atoms. The van der Waals surface area contributed by atoms with Crippen molar-refractivity contribution in [2.24, 2.45) is 5.92 Å². The first-order valence-electron chi connectivity index (χ1n) is 5.64. The van der Waals surface area contributed by atoms with Crippen molar-refractivity contribution in [2.75, 3.05) is 12.0 Å². The van der Waals surface area contributed by atoms with Gasteiger partial charge in [0.1, 0.15) is 0 Å². The van der Waals surface area contributed by atoms with Crippen molar-refractivity contribution in [3.05, 3.63) is 48.7 Å². The molecule has 1 rings (SSSR count). The molecule has 0 aromatic heterocycles. The Morgan fingerprint density at radius 2 is 2.00 bits per heavy atom. The van der Waals surface area contributed by atoms with Gasteiger partial charge in [0.15, 0.2) is 0 Å². The number of carbonyl (C=O) groups is 1. The molecule has 0 N–H and O–H groups in total. The smallest absolute Gasteiger partial charge is 0.342 e. The topological polar surface area (TPSA) is 26.3 Å². The Morgan fingerprint density at radius 3 is 2.39 bits per heavy atom. The molecule has 2 nitrogen and oxygen atoms in total. The second-order valence-corrected chi connectivity index (χ2v) is 6.39. The van der Waals surface area contributed by atoms with Gasteiger partial charge in [-0.1, -0.05) is 60.2 Å². The van der Waals surface area contributed by atoms with Crippen LogP contribution in [0.2, 0.25) is 0 Å². The Bertz CT molecular complexity index is 337. The summed E-state index contributed by atoms with van der Waals surface area (Å²) in [6, 6.07) is 8.77. The van der Waals surface area contributed by atoms with E-state index in [2.05, 4.69) is 31.4 Å². The molecule has 0 saturated heterocycles. The van der Waals surface area contributed by atoms with E-state index in [-0.39, 0.29) is 5.97 Å². The van der Waals surface area contributed by atoms with Crippen molar-refractivity contribution < 1.29 is 9.53 Å². The van der Waals surface area contributed by atoms with Gasteiger partial charge in [0.25, 0.3) is 0 Å². The predicted molar refractivity (Wildman–Crippen MR) is 82.9 cm³/mol. The molecule has 0 spiro atoms. The number of carbonyl (C=O) groups excluding carboxylic acids is 1. The second-order valence-electron chi connectivity index (χ2n) is 3.78. The molecule has 4 heteroatoms. The normalized spacial score (nSPS) is 9.33. The van der Waals surface area contributed by atoms with Gasteiger partial charge in [0.2, 0.25) is 0 Å². The maximum Gasteiger partial charge on any atom is 0.342 e. The van der Waals surface area contributed by atoms with Crippen molar-refractivity contribution >= 4 is 27.6 Å². The highest BCUT2D eigenvalue weighted by Crippen LogP contribution is 2.19. The van der Waals surface area contributed by atoms with Gasteiger partial charge >= 0.3 is 5.97 Å². The van der Waals surface area contributed by atoms with E-state index in [4.69, 9.17) is 0 Å². The Labute approximate surface area is 118 Å². The fraction of sp³-hybridized carbons (Fsp3) is 0.357. The summed E-state index contributed by atoms with van der Waals surface area (Å²) in [5, 5.41) is 0. The molecule has 0 heterocycles. The van der Waals surface area contributed by atoms with Gasteiger partial charge in [-0.15, -0.1) is 0 Å². The minimum absolute atomic E-state index is 0.374. The van der Waals surface area contributed by atoms with Gasteiger partial charge in [-0.25, -0.2) is 4.79 Å². The van der Waals surface area contributed by atoms with Crippen LogP contribution in [0.3, 0.4) is 0 Å². The lowest BCUT2D eigenvalue weighted by Gasteiger charge is -1.98. The van der Waals surface area contributed by atoms with E-state index in [1.807, 2.05) is 27.7 Å². The molecule has 1 aromatic carbocycles. The average Bonchev–Trinajstić information content (AvgIpc) is 2.38. The fourth-order valence-electron chi connectivity index (χ4n) is 0.922. The molecule has 0 fully saturated rings. The summed E-state index contributed by atoms with van der Waals surface area (Å²) in [5.41, 5.74) is 0.535. The van der Waals surface area contributed by atoms with E-state index in [9.17, 15) is 4.79 Å². The number of benzene rings is 1. The number of hydrogen-bond donors (Lipinski definition) is 0. The molecule has 18 heavy (non-hydrogen) atoms. The molecule has 0 saturated carbocycles. The number of ether oxygens (including phenoxy) is 1. The van der Waals surface area contributed by atoms with E-state index >= 15 is 0 Å². The zero-order valence-corrected chi connectivity index (χ0v) is 12.7. The summed E-state index contributed by atoms with van der Waals surface area (Å²) >= 11 is 0. The molecule has 0 aliphatic heterocycles. The van der Waals surface area contributed by atoms with Crippen LogP contribution in [0.1, 0.15) is 24.2 Å². The molecule has 0 aliphatic rings. The number of esters is 1. The van der Waals surface area contributed by atoms with Gasteiger partial charge in [0.05, 0.1) is 11.8 Å². The van der Waals surface area contributed by atoms with Gasteiger partial charge in [-0.05, 0) is 24.3 Å². The molecule has 100 valence electrons. The van der Waals surface area contributed by atoms with Crippen LogP contribution in [-0.4, -0.2) is 18.0 Å². The SMILES string of the molecule is C=COC(=O)c1ccccc1.CSSCC(C)C. The van der Waals surface area contributed by atoms with Crippen LogP contribution in [0.4, 0.5) is 0 Å². The van der Waals surface area contributed by atoms with Crippen LogP contribution in [0.5, 0.6) is 0 Å². The lowest BCUT2D eigenvalue weighted by Crippen LogP contribution is -1.98. The fourth-order valence-corrected chi connectivity index (χ4v) is 2.56. The maximum atomic E-state index is 11.0. The maximum absolute atomic E-state index is 11.0. The molecule has 0 aliphatic carbocycles. The van der Waals surface area contributed by atoms with Gasteiger partial charge in [-0.3, -0.25) is 0 Å². The van der Waals surface area contributed by atoms with Crippen LogP contribution in [0, 0.1) is 5.92 Å². The highest BCUT2D eigenvalue weighted by atomic mass is 33.1. The number of rotatable bonds is 5. The number of hydrogen-bond acceptors (Lipinski definition) is 4. The van der Waals surface area contributed by atoms with Gasteiger partial charge < -0.3 is 4.74 Å². The third kappa shape index (κ3) is 9.19. The first-order valence-corrected chi connectivity index (χ1v) is 8.37. The van der Waals surface area contributed by atoms with Crippen molar-refractivity contribution in [1.82, 2.24) is 0 Å². The van der Waals surface area contributed by atoms with Crippen LogP contribution in [0.25, 0.3) is 0 Å². The Balaban J connectivity index is 0.000000360. The summed E-state index contributed by atoms with van der Waals surface area (Å²) in [6.07, 6.45) is 3.24. The first-order chi connectivity index (χ1) is 8.61. The highest BCUT2D eigenvalue weighted by Gasteiger charge is 2.01. The monoisotopic (exact) mass is 284 g/mol. The van der Waals surface area contributed by atoms with Crippen LogP contribution >= 0.6 is 21.6 Å². The highest BCUT2D eigenvalue weighted by molar-refractivity contribution is 8.76. The van der Waals surface area contributed by atoms with Crippen LogP contribution in [-0.2, 0) is 4.74 Å². The minimum atomic E-state index is -0.374. The van der Waals surface area contributed by atoms with Crippen molar-refractivity contribution in [2.45, 2.75) is 13.8 Å². The summed E-state index contributed by atoms with van der Waals surface area (Å²) in [7, 11) is 3.78. The average molecular weight is 284 g/mol. The largest absolute Gasteiger partial charge is 0.432 e. The third-order valence-corrected chi connectivity index (χ3v) is 3.87. The van der Waals surface area contributed by atoms with Gasteiger partial charge in [-0.2, -0.15) is 0 Å². The molecule has 0 atom stereocenters. The molecular weight excluding hydrogens is 264 g/mol. The summed E-state index contributed by atoms with van der Waals surface area (Å²) in [5.74, 6) is 1.75.